The molecule has 0 saturated heterocycles. The predicted octanol–water partition coefficient (Wildman–Crippen LogP) is 2.49. The molecule has 2 heterocycles. The molecule has 13 heavy (non-hydrogen) atoms. The minimum absolute atomic E-state index is 1.14. The van der Waals surface area contributed by atoms with Gasteiger partial charge in [0.15, 0.2) is 0 Å². The first kappa shape index (κ1) is 7.44. The number of nitrogens with zero attached hydrogens (tertiary/aromatic N) is 2. The van der Waals surface area contributed by atoms with Crippen molar-refractivity contribution in [2.24, 2.45) is 0 Å². The molecule has 0 N–H and O–H groups in total. The summed E-state index contributed by atoms with van der Waals surface area (Å²) >= 11 is 1.85. The highest BCUT2D eigenvalue weighted by Gasteiger charge is 2.19. The Morgan fingerprint density at radius 3 is 3.15 bits per heavy atom. The van der Waals surface area contributed by atoms with Gasteiger partial charge >= 0.3 is 0 Å². The van der Waals surface area contributed by atoms with Gasteiger partial charge < -0.3 is 0 Å². The zero-order valence-electron chi connectivity index (χ0n) is 7.50. The van der Waals surface area contributed by atoms with Crippen LogP contribution in [0.4, 0.5) is 0 Å². The zero-order valence-corrected chi connectivity index (χ0v) is 8.32. The van der Waals surface area contributed by atoms with E-state index in [9.17, 15) is 0 Å². The number of thiophene rings is 1. The summed E-state index contributed by atoms with van der Waals surface area (Å²) in [6.45, 7) is 2.08. The van der Waals surface area contributed by atoms with Gasteiger partial charge in [-0.3, -0.25) is 0 Å². The minimum Gasteiger partial charge on any atom is -0.241 e. The standard InChI is InChI=1S/C10H10N2S/c1-6-9-7-3-2-4-8(7)13-10(9)12-5-11-6/h5H,2-4H2,1H3. The van der Waals surface area contributed by atoms with Crippen molar-refractivity contribution in [3.05, 3.63) is 22.5 Å². The third kappa shape index (κ3) is 0.936. The molecule has 3 rings (SSSR count). The Bertz CT molecular complexity index is 473. The van der Waals surface area contributed by atoms with E-state index in [4.69, 9.17) is 0 Å². The molecular formula is C10H10N2S. The Hall–Kier alpha value is -0.960. The lowest BCUT2D eigenvalue weighted by molar-refractivity contribution is 0.916. The van der Waals surface area contributed by atoms with Crippen LogP contribution in [0.5, 0.6) is 0 Å². The molecule has 0 bridgehead atoms. The summed E-state index contributed by atoms with van der Waals surface area (Å²) in [5.41, 5.74) is 2.67. The van der Waals surface area contributed by atoms with E-state index in [-0.39, 0.29) is 0 Å². The van der Waals surface area contributed by atoms with Gasteiger partial charge in [0.2, 0.25) is 0 Å². The van der Waals surface area contributed by atoms with Gasteiger partial charge in [-0.25, -0.2) is 9.97 Å². The first-order chi connectivity index (χ1) is 6.36. The van der Waals surface area contributed by atoms with Crippen molar-refractivity contribution in [3.63, 3.8) is 0 Å². The lowest BCUT2D eigenvalue weighted by Crippen LogP contribution is -1.86. The second-order valence-electron chi connectivity index (χ2n) is 3.50. The summed E-state index contributed by atoms with van der Waals surface area (Å²) < 4.78 is 0. The number of aryl methyl sites for hydroxylation is 3. The van der Waals surface area contributed by atoms with Crippen molar-refractivity contribution in [1.29, 1.82) is 0 Å². The summed E-state index contributed by atoms with van der Waals surface area (Å²) in [6.07, 6.45) is 5.45. The maximum Gasteiger partial charge on any atom is 0.127 e. The van der Waals surface area contributed by atoms with Crippen molar-refractivity contribution in [1.82, 2.24) is 9.97 Å². The second-order valence-corrected chi connectivity index (χ2v) is 4.58. The Morgan fingerprint density at radius 2 is 2.23 bits per heavy atom. The van der Waals surface area contributed by atoms with Gasteiger partial charge in [0, 0.05) is 16.0 Å². The van der Waals surface area contributed by atoms with Gasteiger partial charge in [-0.2, -0.15) is 0 Å². The number of hydrogen-bond acceptors (Lipinski definition) is 3. The number of aromatic nitrogens is 2. The highest BCUT2D eigenvalue weighted by atomic mass is 32.1. The second kappa shape index (κ2) is 2.51. The van der Waals surface area contributed by atoms with Gasteiger partial charge in [-0.05, 0) is 31.7 Å². The summed E-state index contributed by atoms with van der Waals surface area (Å²) in [4.78, 5) is 11.3. The molecule has 2 nitrogen and oxygen atoms in total. The number of rotatable bonds is 0. The zero-order chi connectivity index (χ0) is 8.84. The molecule has 0 aromatic carbocycles. The molecule has 0 amide bonds. The summed E-state index contributed by atoms with van der Waals surface area (Å²) in [6, 6.07) is 0. The molecule has 1 aliphatic carbocycles. The smallest absolute Gasteiger partial charge is 0.127 e. The molecule has 0 unspecified atom stereocenters. The largest absolute Gasteiger partial charge is 0.241 e. The van der Waals surface area contributed by atoms with E-state index in [1.165, 1.54) is 35.0 Å². The minimum atomic E-state index is 1.14. The van der Waals surface area contributed by atoms with Crippen LogP contribution in [0.3, 0.4) is 0 Å². The molecule has 0 radical (unpaired) electrons. The fraction of sp³-hybridized carbons (Fsp3) is 0.400. The van der Waals surface area contributed by atoms with Crippen LogP contribution < -0.4 is 0 Å². The van der Waals surface area contributed by atoms with Crippen LogP contribution in [-0.4, -0.2) is 9.97 Å². The van der Waals surface area contributed by atoms with Crippen molar-refractivity contribution < 1.29 is 0 Å². The number of fused-ring (bicyclic) bond motifs is 3. The van der Waals surface area contributed by atoms with Gasteiger partial charge in [-0.1, -0.05) is 0 Å². The van der Waals surface area contributed by atoms with Gasteiger partial charge in [-0.15, -0.1) is 11.3 Å². The van der Waals surface area contributed by atoms with Crippen LogP contribution in [0.25, 0.3) is 10.2 Å². The molecule has 2 aromatic heterocycles. The Balaban J connectivity index is 2.46. The van der Waals surface area contributed by atoms with E-state index in [1.54, 1.807) is 11.2 Å². The van der Waals surface area contributed by atoms with E-state index in [2.05, 4.69) is 16.9 Å². The van der Waals surface area contributed by atoms with Crippen LogP contribution in [0.1, 0.15) is 22.6 Å². The van der Waals surface area contributed by atoms with Gasteiger partial charge in [0.25, 0.3) is 0 Å². The maximum atomic E-state index is 4.31. The van der Waals surface area contributed by atoms with Crippen LogP contribution in [0.2, 0.25) is 0 Å². The molecule has 3 heteroatoms. The predicted molar refractivity (Wildman–Crippen MR) is 54.2 cm³/mol. The first-order valence-electron chi connectivity index (χ1n) is 4.58. The monoisotopic (exact) mass is 190 g/mol. The van der Waals surface area contributed by atoms with Crippen LogP contribution >= 0.6 is 11.3 Å². The Labute approximate surface area is 80.6 Å². The number of hydrogen-bond donors (Lipinski definition) is 0. The van der Waals surface area contributed by atoms with E-state index in [0.29, 0.717) is 0 Å². The highest BCUT2D eigenvalue weighted by Crippen LogP contribution is 2.36. The molecule has 0 spiro atoms. The third-order valence-corrected chi connectivity index (χ3v) is 3.89. The topological polar surface area (TPSA) is 25.8 Å². The first-order valence-corrected chi connectivity index (χ1v) is 5.40. The molecule has 1 aliphatic rings. The van der Waals surface area contributed by atoms with Crippen LogP contribution in [0.15, 0.2) is 6.33 Å². The van der Waals surface area contributed by atoms with Crippen LogP contribution in [0, 0.1) is 6.92 Å². The van der Waals surface area contributed by atoms with Gasteiger partial charge in [0.05, 0.1) is 0 Å². The van der Waals surface area contributed by atoms with Crippen molar-refractivity contribution in [3.8, 4) is 0 Å². The van der Waals surface area contributed by atoms with Crippen molar-refractivity contribution in [2.45, 2.75) is 26.2 Å². The average Bonchev–Trinajstić information content (AvgIpc) is 2.62. The summed E-state index contributed by atoms with van der Waals surface area (Å²) in [5, 5.41) is 1.33. The normalized spacial score (nSPS) is 15.2. The summed E-state index contributed by atoms with van der Waals surface area (Å²) in [7, 11) is 0. The molecule has 2 aromatic rings. The summed E-state index contributed by atoms with van der Waals surface area (Å²) in [5.74, 6) is 0. The molecule has 0 aliphatic heterocycles. The van der Waals surface area contributed by atoms with Crippen molar-refractivity contribution >= 4 is 21.6 Å². The van der Waals surface area contributed by atoms with Crippen LogP contribution in [-0.2, 0) is 12.8 Å². The van der Waals surface area contributed by atoms with Gasteiger partial charge in [0.1, 0.15) is 11.2 Å². The van der Waals surface area contributed by atoms with E-state index in [0.717, 1.165) is 5.69 Å². The Morgan fingerprint density at radius 1 is 1.31 bits per heavy atom. The third-order valence-electron chi connectivity index (χ3n) is 2.69. The highest BCUT2D eigenvalue weighted by molar-refractivity contribution is 7.18. The molecular weight excluding hydrogens is 180 g/mol. The quantitative estimate of drug-likeness (QED) is 0.638. The molecule has 0 atom stereocenters. The Kier molecular flexibility index (Phi) is 1.44. The fourth-order valence-electron chi connectivity index (χ4n) is 2.09. The SMILES string of the molecule is Cc1ncnc2sc3c(c12)CCC3. The van der Waals surface area contributed by atoms with E-state index in [1.807, 2.05) is 11.3 Å². The van der Waals surface area contributed by atoms with E-state index >= 15 is 0 Å². The molecule has 66 valence electrons. The average molecular weight is 190 g/mol. The molecule has 0 fully saturated rings. The fourth-order valence-corrected chi connectivity index (χ4v) is 3.37. The lowest BCUT2D eigenvalue weighted by atomic mass is 10.1. The maximum absolute atomic E-state index is 4.31. The lowest BCUT2D eigenvalue weighted by Gasteiger charge is -1.95. The molecule has 0 saturated carbocycles. The van der Waals surface area contributed by atoms with E-state index < -0.39 is 0 Å². The van der Waals surface area contributed by atoms with Crippen molar-refractivity contribution in [2.75, 3.05) is 0 Å².